The molecule has 1 heterocycles. The molecule has 0 unspecified atom stereocenters. The van der Waals surface area contributed by atoms with Gasteiger partial charge >= 0.3 is 0 Å². The van der Waals surface area contributed by atoms with Crippen LogP contribution in [0.15, 0.2) is 60.7 Å². The highest BCUT2D eigenvalue weighted by Crippen LogP contribution is 2.15. The maximum Gasteiger partial charge on any atom is 0.260 e. The van der Waals surface area contributed by atoms with Gasteiger partial charge in [0.15, 0.2) is 6.61 Å². The standard InChI is InChI=1S/C20H24N2O3/c23-19(17-7-3-1-4-8-17)15-21-11-13-22(14-12-21)20(24)16-25-18-9-5-2-6-10-18/h1-10,19,23H,11-16H2/t19-/m1/s1. The number of benzene rings is 2. The lowest BCUT2D eigenvalue weighted by atomic mass is 10.1. The van der Waals surface area contributed by atoms with Crippen molar-refractivity contribution in [3.05, 3.63) is 66.2 Å². The van der Waals surface area contributed by atoms with Gasteiger partial charge in [-0.25, -0.2) is 0 Å². The van der Waals surface area contributed by atoms with Crippen molar-refractivity contribution in [2.24, 2.45) is 0 Å². The molecule has 0 spiro atoms. The van der Waals surface area contributed by atoms with Crippen LogP contribution in [0.2, 0.25) is 0 Å². The quantitative estimate of drug-likeness (QED) is 0.873. The third kappa shape index (κ3) is 5.05. The van der Waals surface area contributed by atoms with Gasteiger partial charge in [0.1, 0.15) is 5.75 Å². The second-order valence-electron chi connectivity index (χ2n) is 6.21. The lowest BCUT2D eigenvalue weighted by Crippen LogP contribution is -2.50. The molecule has 5 nitrogen and oxygen atoms in total. The van der Waals surface area contributed by atoms with E-state index in [9.17, 15) is 9.90 Å². The topological polar surface area (TPSA) is 53.0 Å². The predicted molar refractivity (Wildman–Crippen MR) is 96.4 cm³/mol. The van der Waals surface area contributed by atoms with Gasteiger partial charge in [-0.1, -0.05) is 48.5 Å². The Morgan fingerprint density at radius 3 is 2.20 bits per heavy atom. The van der Waals surface area contributed by atoms with E-state index in [0.29, 0.717) is 25.4 Å². The Kier molecular flexibility index (Phi) is 6.04. The highest BCUT2D eigenvalue weighted by Gasteiger charge is 2.23. The summed E-state index contributed by atoms with van der Waals surface area (Å²) in [5, 5.41) is 10.3. The molecule has 1 aliphatic heterocycles. The summed E-state index contributed by atoms with van der Waals surface area (Å²) in [7, 11) is 0. The van der Waals surface area contributed by atoms with Gasteiger partial charge < -0.3 is 14.7 Å². The van der Waals surface area contributed by atoms with E-state index < -0.39 is 6.10 Å². The number of aliphatic hydroxyl groups excluding tert-OH is 1. The second kappa shape index (κ2) is 8.65. The zero-order valence-electron chi connectivity index (χ0n) is 14.3. The summed E-state index contributed by atoms with van der Waals surface area (Å²) >= 11 is 0. The molecule has 1 aliphatic rings. The van der Waals surface area contributed by atoms with Crippen molar-refractivity contribution < 1.29 is 14.6 Å². The number of amides is 1. The van der Waals surface area contributed by atoms with Crippen molar-refractivity contribution >= 4 is 5.91 Å². The van der Waals surface area contributed by atoms with E-state index in [-0.39, 0.29) is 12.5 Å². The molecule has 1 atom stereocenters. The van der Waals surface area contributed by atoms with Crippen molar-refractivity contribution in [2.45, 2.75) is 6.10 Å². The van der Waals surface area contributed by atoms with Crippen LogP contribution >= 0.6 is 0 Å². The van der Waals surface area contributed by atoms with Gasteiger partial charge in [-0.05, 0) is 17.7 Å². The third-order valence-electron chi connectivity index (χ3n) is 4.45. The molecule has 1 fully saturated rings. The summed E-state index contributed by atoms with van der Waals surface area (Å²) in [5.74, 6) is 0.715. The normalized spacial score (nSPS) is 16.4. The molecule has 5 heteroatoms. The zero-order valence-corrected chi connectivity index (χ0v) is 14.3. The third-order valence-corrected chi connectivity index (χ3v) is 4.45. The molecule has 2 aromatic carbocycles. The molecule has 25 heavy (non-hydrogen) atoms. The number of hydrogen-bond acceptors (Lipinski definition) is 4. The zero-order chi connectivity index (χ0) is 17.5. The first kappa shape index (κ1) is 17.5. The van der Waals surface area contributed by atoms with Gasteiger partial charge in [0.25, 0.3) is 5.91 Å². The number of para-hydroxylation sites is 1. The Morgan fingerprint density at radius 1 is 0.960 bits per heavy atom. The monoisotopic (exact) mass is 340 g/mol. The molecule has 0 saturated carbocycles. The lowest BCUT2D eigenvalue weighted by molar-refractivity contribution is -0.135. The van der Waals surface area contributed by atoms with Crippen molar-refractivity contribution in [1.29, 1.82) is 0 Å². The van der Waals surface area contributed by atoms with Crippen LogP contribution in [0, 0.1) is 0 Å². The minimum absolute atomic E-state index is 0.00658. The molecule has 1 saturated heterocycles. The van der Waals surface area contributed by atoms with Gasteiger partial charge in [0.2, 0.25) is 0 Å². The van der Waals surface area contributed by atoms with Crippen LogP contribution in [0.1, 0.15) is 11.7 Å². The maximum atomic E-state index is 12.3. The van der Waals surface area contributed by atoms with Crippen LogP contribution in [-0.2, 0) is 4.79 Å². The van der Waals surface area contributed by atoms with E-state index >= 15 is 0 Å². The fraction of sp³-hybridized carbons (Fsp3) is 0.350. The molecule has 1 amide bonds. The highest BCUT2D eigenvalue weighted by molar-refractivity contribution is 5.77. The fourth-order valence-corrected chi connectivity index (χ4v) is 2.96. The Bertz CT molecular complexity index is 655. The Labute approximate surface area is 148 Å². The molecule has 3 rings (SSSR count). The molecule has 132 valence electrons. The van der Waals surface area contributed by atoms with Crippen molar-refractivity contribution in [2.75, 3.05) is 39.3 Å². The summed E-state index contributed by atoms with van der Waals surface area (Å²) in [6.07, 6.45) is -0.495. The van der Waals surface area contributed by atoms with Crippen LogP contribution in [0.4, 0.5) is 0 Å². The van der Waals surface area contributed by atoms with Gasteiger partial charge in [-0.15, -0.1) is 0 Å². The lowest BCUT2D eigenvalue weighted by Gasteiger charge is -2.35. The first-order valence-corrected chi connectivity index (χ1v) is 8.63. The molecular formula is C20H24N2O3. The van der Waals surface area contributed by atoms with E-state index in [4.69, 9.17) is 4.74 Å². The summed E-state index contributed by atoms with van der Waals surface area (Å²) in [4.78, 5) is 16.3. The van der Waals surface area contributed by atoms with Crippen LogP contribution < -0.4 is 4.74 Å². The first-order chi connectivity index (χ1) is 12.2. The average molecular weight is 340 g/mol. The highest BCUT2D eigenvalue weighted by atomic mass is 16.5. The number of piperazine rings is 1. The second-order valence-corrected chi connectivity index (χ2v) is 6.21. The molecule has 0 bridgehead atoms. The number of rotatable bonds is 6. The fourth-order valence-electron chi connectivity index (χ4n) is 2.96. The average Bonchev–Trinajstić information content (AvgIpc) is 2.68. The Balaban J connectivity index is 1.41. The summed E-state index contributed by atoms with van der Waals surface area (Å²) in [5.41, 5.74) is 0.928. The van der Waals surface area contributed by atoms with E-state index in [1.165, 1.54) is 0 Å². The van der Waals surface area contributed by atoms with Crippen molar-refractivity contribution in [3.63, 3.8) is 0 Å². The van der Waals surface area contributed by atoms with Crippen molar-refractivity contribution in [3.8, 4) is 5.75 Å². The molecule has 0 radical (unpaired) electrons. The van der Waals surface area contributed by atoms with Crippen LogP contribution in [0.25, 0.3) is 0 Å². The van der Waals surface area contributed by atoms with E-state index in [1.807, 2.05) is 65.6 Å². The molecule has 2 aromatic rings. The van der Waals surface area contributed by atoms with Gasteiger partial charge in [0.05, 0.1) is 6.10 Å². The number of hydrogen-bond donors (Lipinski definition) is 1. The number of ether oxygens (including phenoxy) is 1. The van der Waals surface area contributed by atoms with Gasteiger partial charge in [-0.3, -0.25) is 9.69 Å². The first-order valence-electron chi connectivity index (χ1n) is 8.63. The SMILES string of the molecule is O=C(COc1ccccc1)N1CCN(C[C@@H](O)c2ccccc2)CC1. The summed E-state index contributed by atoms with van der Waals surface area (Å²) in [6, 6.07) is 19.1. The van der Waals surface area contributed by atoms with E-state index in [1.54, 1.807) is 0 Å². The summed E-state index contributed by atoms with van der Waals surface area (Å²) in [6.45, 7) is 3.52. The number of carbonyl (C=O) groups excluding carboxylic acids is 1. The smallest absolute Gasteiger partial charge is 0.260 e. The van der Waals surface area contributed by atoms with Crippen LogP contribution in [-0.4, -0.2) is 60.1 Å². The number of β-amino-alcohol motifs (C(OH)–C–C–N with tert-alkyl or cyclic N) is 1. The molecular weight excluding hydrogens is 316 g/mol. The Hall–Kier alpha value is -2.37. The minimum Gasteiger partial charge on any atom is -0.484 e. The van der Waals surface area contributed by atoms with E-state index in [2.05, 4.69) is 4.90 Å². The Morgan fingerprint density at radius 2 is 1.56 bits per heavy atom. The summed E-state index contributed by atoms with van der Waals surface area (Å²) < 4.78 is 5.53. The number of carbonyl (C=O) groups is 1. The van der Waals surface area contributed by atoms with E-state index in [0.717, 1.165) is 18.7 Å². The molecule has 0 aliphatic carbocycles. The molecule has 0 aromatic heterocycles. The number of aliphatic hydroxyl groups is 1. The number of nitrogens with zero attached hydrogens (tertiary/aromatic N) is 2. The van der Waals surface area contributed by atoms with Crippen molar-refractivity contribution in [1.82, 2.24) is 9.80 Å². The minimum atomic E-state index is -0.495. The van der Waals surface area contributed by atoms with Gasteiger partial charge in [-0.2, -0.15) is 0 Å². The maximum absolute atomic E-state index is 12.3. The van der Waals surface area contributed by atoms with Crippen LogP contribution in [0.5, 0.6) is 5.75 Å². The largest absolute Gasteiger partial charge is 0.484 e. The van der Waals surface area contributed by atoms with Crippen LogP contribution in [0.3, 0.4) is 0 Å². The van der Waals surface area contributed by atoms with Gasteiger partial charge in [0, 0.05) is 32.7 Å². The molecule has 1 N–H and O–H groups in total. The predicted octanol–water partition coefficient (Wildman–Crippen LogP) is 1.94.